The van der Waals surface area contributed by atoms with Crippen LogP contribution < -0.4 is 10.6 Å². The van der Waals surface area contributed by atoms with Crippen LogP contribution >= 0.6 is 0 Å². The van der Waals surface area contributed by atoms with Crippen LogP contribution in [0, 0.1) is 20.8 Å². The number of rotatable bonds is 2. The third-order valence-electron chi connectivity index (χ3n) is 3.64. The van der Waals surface area contributed by atoms with Crippen molar-refractivity contribution in [2.24, 2.45) is 0 Å². The van der Waals surface area contributed by atoms with Gasteiger partial charge in [0.15, 0.2) is 0 Å². The highest BCUT2D eigenvalue weighted by molar-refractivity contribution is 6.06. The van der Waals surface area contributed by atoms with Gasteiger partial charge in [-0.3, -0.25) is 4.79 Å². The molecule has 0 bridgehead atoms. The van der Waals surface area contributed by atoms with E-state index in [-0.39, 0.29) is 5.91 Å². The Hall–Kier alpha value is -2.29. The summed E-state index contributed by atoms with van der Waals surface area (Å²) < 4.78 is 0. The lowest BCUT2D eigenvalue weighted by Crippen LogP contribution is -2.27. The van der Waals surface area contributed by atoms with Crippen molar-refractivity contribution in [2.45, 2.75) is 20.8 Å². The first-order valence-corrected chi connectivity index (χ1v) is 6.61. The number of nitrogens with zero attached hydrogens (tertiary/aromatic N) is 1. The first-order valence-electron chi connectivity index (χ1n) is 6.61. The van der Waals surface area contributed by atoms with Gasteiger partial charge >= 0.3 is 0 Å². The van der Waals surface area contributed by atoms with Crippen LogP contribution in [0.25, 0.3) is 0 Å². The van der Waals surface area contributed by atoms with Crippen molar-refractivity contribution < 1.29 is 4.79 Å². The molecule has 0 heterocycles. The van der Waals surface area contributed by atoms with Crippen molar-refractivity contribution >= 4 is 17.3 Å². The Morgan fingerprint density at radius 3 is 2.10 bits per heavy atom. The third-order valence-corrected chi connectivity index (χ3v) is 3.64. The summed E-state index contributed by atoms with van der Waals surface area (Å²) in [6.07, 6.45) is 0. The van der Waals surface area contributed by atoms with Crippen molar-refractivity contribution in [2.75, 3.05) is 17.7 Å². The van der Waals surface area contributed by atoms with E-state index in [0.717, 1.165) is 11.3 Å². The average Bonchev–Trinajstić information content (AvgIpc) is 2.42. The van der Waals surface area contributed by atoms with Crippen molar-refractivity contribution in [1.29, 1.82) is 0 Å². The molecule has 0 atom stereocenters. The topological polar surface area (TPSA) is 46.3 Å². The zero-order valence-corrected chi connectivity index (χ0v) is 12.4. The first kappa shape index (κ1) is 14.1. The molecule has 0 spiro atoms. The van der Waals surface area contributed by atoms with Crippen molar-refractivity contribution in [3.05, 3.63) is 58.7 Å². The molecule has 0 aliphatic carbocycles. The molecular weight excluding hydrogens is 248 g/mol. The SMILES string of the molecule is Cc1cc(C)c(N(C)C(=O)c2ccc(N)cc2)cc1C. The molecule has 2 N–H and O–H groups in total. The number of aryl methyl sites for hydroxylation is 3. The number of benzene rings is 2. The van der Waals surface area contributed by atoms with E-state index >= 15 is 0 Å². The maximum absolute atomic E-state index is 12.5. The zero-order valence-electron chi connectivity index (χ0n) is 12.4. The summed E-state index contributed by atoms with van der Waals surface area (Å²) in [4.78, 5) is 14.2. The van der Waals surface area contributed by atoms with Crippen LogP contribution in [0.15, 0.2) is 36.4 Å². The van der Waals surface area contributed by atoms with Gasteiger partial charge in [0.25, 0.3) is 5.91 Å². The van der Waals surface area contributed by atoms with E-state index < -0.39 is 0 Å². The summed E-state index contributed by atoms with van der Waals surface area (Å²) in [6, 6.07) is 11.2. The van der Waals surface area contributed by atoms with Crippen LogP contribution in [0.4, 0.5) is 11.4 Å². The number of anilines is 2. The van der Waals surface area contributed by atoms with E-state index in [1.807, 2.05) is 6.92 Å². The monoisotopic (exact) mass is 268 g/mol. The molecule has 0 saturated carbocycles. The maximum Gasteiger partial charge on any atom is 0.258 e. The minimum atomic E-state index is -0.0312. The van der Waals surface area contributed by atoms with Gasteiger partial charge in [0.1, 0.15) is 0 Å². The summed E-state index contributed by atoms with van der Waals surface area (Å²) in [5.41, 5.74) is 11.4. The standard InChI is InChI=1S/C17H20N2O/c1-11-9-13(3)16(10-12(11)2)19(4)17(20)14-5-7-15(18)8-6-14/h5-10H,18H2,1-4H3. The number of hydrogen-bond acceptors (Lipinski definition) is 2. The second-order valence-corrected chi connectivity index (χ2v) is 5.21. The Morgan fingerprint density at radius 2 is 1.50 bits per heavy atom. The Morgan fingerprint density at radius 1 is 0.950 bits per heavy atom. The minimum Gasteiger partial charge on any atom is -0.399 e. The second kappa shape index (κ2) is 5.37. The van der Waals surface area contributed by atoms with Gasteiger partial charge in [-0.1, -0.05) is 6.07 Å². The lowest BCUT2D eigenvalue weighted by molar-refractivity contribution is 0.0993. The lowest BCUT2D eigenvalue weighted by Gasteiger charge is -2.21. The summed E-state index contributed by atoms with van der Waals surface area (Å²) in [5, 5.41) is 0. The zero-order chi connectivity index (χ0) is 14.9. The molecule has 2 rings (SSSR count). The van der Waals surface area contributed by atoms with Crippen LogP contribution in [0.5, 0.6) is 0 Å². The largest absolute Gasteiger partial charge is 0.399 e. The summed E-state index contributed by atoms with van der Waals surface area (Å²) in [6.45, 7) is 6.16. The fourth-order valence-corrected chi connectivity index (χ4v) is 2.24. The summed E-state index contributed by atoms with van der Waals surface area (Å²) >= 11 is 0. The molecule has 3 heteroatoms. The summed E-state index contributed by atoms with van der Waals surface area (Å²) in [5.74, 6) is -0.0312. The third kappa shape index (κ3) is 2.67. The van der Waals surface area contributed by atoms with Crippen LogP contribution in [0.3, 0.4) is 0 Å². The highest BCUT2D eigenvalue weighted by atomic mass is 16.2. The highest BCUT2D eigenvalue weighted by Gasteiger charge is 2.15. The molecule has 2 aromatic carbocycles. The number of nitrogen functional groups attached to an aromatic ring is 1. The Balaban J connectivity index is 2.36. The molecule has 0 aromatic heterocycles. The highest BCUT2D eigenvalue weighted by Crippen LogP contribution is 2.24. The number of carbonyl (C=O) groups is 1. The van der Waals surface area contributed by atoms with Crippen LogP contribution in [-0.2, 0) is 0 Å². The van der Waals surface area contributed by atoms with Gasteiger partial charge in [-0.25, -0.2) is 0 Å². The number of nitrogens with two attached hydrogens (primary N) is 1. The Labute approximate surface area is 120 Å². The van der Waals surface area contributed by atoms with E-state index in [4.69, 9.17) is 5.73 Å². The molecule has 20 heavy (non-hydrogen) atoms. The van der Waals surface area contributed by atoms with Crippen molar-refractivity contribution in [3.8, 4) is 0 Å². The minimum absolute atomic E-state index is 0.0312. The smallest absolute Gasteiger partial charge is 0.258 e. The predicted octanol–water partition coefficient (Wildman–Crippen LogP) is 3.47. The predicted molar refractivity (Wildman–Crippen MR) is 84.2 cm³/mol. The molecule has 0 fully saturated rings. The van der Waals surface area contributed by atoms with Gasteiger partial charge in [0.2, 0.25) is 0 Å². The van der Waals surface area contributed by atoms with E-state index in [2.05, 4.69) is 26.0 Å². The van der Waals surface area contributed by atoms with Gasteiger partial charge in [-0.15, -0.1) is 0 Å². The normalized spacial score (nSPS) is 10.4. The average molecular weight is 268 g/mol. The van der Waals surface area contributed by atoms with E-state index in [1.165, 1.54) is 11.1 Å². The van der Waals surface area contributed by atoms with Gasteiger partial charge in [-0.05, 0) is 67.8 Å². The molecule has 104 valence electrons. The van der Waals surface area contributed by atoms with Crippen molar-refractivity contribution in [1.82, 2.24) is 0 Å². The molecule has 1 amide bonds. The van der Waals surface area contributed by atoms with Gasteiger partial charge < -0.3 is 10.6 Å². The number of amides is 1. The number of carbonyl (C=O) groups excluding carboxylic acids is 1. The molecular formula is C17H20N2O. The fourth-order valence-electron chi connectivity index (χ4n) is 2.24. The van der Waals surface area contributed by atoms with Gasteiger partial charge in [0.05, 0.1) is 0 Å². The van der Waals surface area contributed by atoms with E-state index in [1.54, 1.807) is 36.2 Å². The first-order chi connectivity index (χ1) is 9.40. The van der Waals surface area contributed by atoms with Crippen LogP contribution in [0.1, 0.15) is 27.0 Å². The second-order valence-electron chi connectivity index (χ2n) is 5.21. The number of hydrogen-bond donors (Lipinski definition) is 1. The lowest BCUT2D eigenvalue weighted by atomic mass is 10.0. The van der Waals surface area contributed by atoms with Crippen molar-refractivity contribution in [3.63, 3.8) is 0 Å². The molecule has 3 nitrogen and oxygen atoms in total. The van der Waals surface area contributed by atoms with Gasteiger partial charge in [0, 0.05) is 24.0 Å². The molecule has 0 radical (unpaired) electrons. The fraction of sp³-hybridized carbons (Fsp3) is 0.235. The molecule has 0 aliphatic heterocycles. The van der Waals surface area contributed by atoms with E-state index in [9.17, 15) is 4.79 Å². The van der Waals surface area contributed by atoms with Gasteiger partial charge in [-0.2, -0.15) is 0 Å². The van der Waals surface area contributed by atoms with E-state index in [0.29, 0.717) is 11.3 Å². The molecule has 0 saturated heterocycles. The molecule has 0 aliphatic rings. The Bertz CT molecular complexity index is 645. The quantitative estimate of drug-likeness (QED) is 0.848. The van der Waals surface area contributed by atoms with Crippen LogP contribution in [-0.4, -0.2) is 13.0 Å². The maximum atomic E-state index is 12.5. The summed E-state index contributed by atoms with van der Waals surface area (Å²) in [7, 11) is 1.80. The van der Waals surface area contributed by atoms with Crippen LogP contribution in [0.2, 0.25) is 0 Å². The molecule has 2 aromatic rings. The molecule has 0 unspecified atom stereocenters. The Kier molecular flexibility index (Phi) is 3.79.